The normalized spacial score (nSPS) is 14.2. The number of halogens is 2. The third-order valence-corrected chi connectivity index (χ3v) is 3.67. The van der Waals surface area contributed by atoms with E-state index in [1.54, 1.807) is 18.2 Å². The van der Waals surface area contributed by atoms with Crippen LogP contribution in [-0.4, -0.2) is 11.0 Å². The van der Waals surface area contributed by atoms with Gasteiger partial charge in [0.1, 0.15) is 12.4 Å². The summed E-state index contributed by atoms with van der Waals surface area (Å²) in [7, 11) is 0. The number of hydrogen-bond donors (Lipinski definition) is 1. The first-order chi connectivity index (χ1) is 10.2. The summed E-state index contributed by atoms with van der Waals surface area (Å²) >= 11 is 11.9. The van der Waals surface area contributed by atoms with E-state index in [-0.39, 0.29) is 0 Å². The monoisotopic (exact) mass is 322 g/mol. The van der Waals surface area contributed by atoms with Crippen molar-refractivity contribution in [2.75, 3.05) is 0 Å². The van der Waals surface area contributed by atoms with Gasteiger partial charge in [-0.25, -0.2) is 0 Å². The number of nitrogens with zero attached hydrogens (tertiary/aromatic N) is 1. The molecule has 1 aliphatic rings. The predicted molar refractivity (Wildman–Crippen MR) is 84.9 cm³/mol. The Kier molecular flexibility index (Phi) is 4.63. The van der Waals surface area contributed by atoms with Gasteiger partial charge in [0.15, 0.2) is 0 Å². The molecule has 1 aliphatic carbocycles. The maximum absolute atomic E-state index is 5.95. The molecule has 0 bridgehead atoms. The van der Waals surface area contributed by atoms with Crippen LogP contribution >= 0.6 is 23.2 Å². The van der Waals surface area contributed by atoms with Crippen molar-refractivity contribution in [3.05, 3.63) is 57.8 Å². The summed E-state index contributed by atoms with van der Waals surface area (Å²) in [5, 5.41) is 4.58. The second-order valence-electron chi connectivity index (χ2n) is 5.17. The van der Waals surface area contributed by atoms with Crippen molar-refractivity contribution in [1.82, 2.24) is 10.3 Å². The summed E-state index contributed by atoms with van der Waals surface area (Å²) in [6, 6.07) is 11.8. The van der Waals surface area contributed by atoms with Crippen LogP contribution in [0.15, 0.2) is 36.4 Å². The van der Waals surface area contributed by atoms with Gasteiger partial charge < -0.3 is 10.1 Å². The SMILES string of the molecule is Clc1cc(Cl)cc(OCc2cccc(CNC3CC3)n2)c1. The highest BCUT2D eigenvalue weighted by Crippen LogP contribution is 2.24. The Morgan fingerprint density at radius 1 is 1.10 bits per heavy atom. The van der Waals surface area contributed by atoms with E-state index in [1.807, 2.05) is 18.2 Å². The van der Waals surface area contributed by atoms with Crippen LogP contribution < -0.4 is 10.1 Å². The number of aromatic nitrogens is 1. The first kappa shape index (κ1) is 14.6. The molecule has 21 heavy (non-hydrogen) atoms. The number of pyridine rings is 1. The molecule has 0 aliphatic heterocycles. The standard InChI is InChI=1S/C16H16Cl2N2O/c17-11-6-12(18)8-16(7-11)21-10-15-3-1-2-14(20-15)9-19-13-4-5-13/h1-3,6-8,13,19H,4-5,9-10H2. The highest BCUT2D eigenvalue weighted by atomic mass is 35.5. The fraction of sp³-hybridized carbons (Fsp3) is 0.312. The predicted octanol–water partition coefficient (Wildman–Crippen LogP) is 4.22. The summed E-state index contributed by atoms with van der Waals surface area (Å²) in [5.41, 5.74) is 1.92. The third kappa shape index (κ3) is 4.60. The molecule has 0 unspecified atom stereocenters. The zero-order valence-electron chi connectivity index (χ0n) is 11.5. The lowest BCUT2D eigenvalue weighted by Crippen LogP contribution is -2.16. The molecule has 1 saturated carbocycles. The van der Waals surface area contributed by atoms with Crippen molar-refractivity contribution in [1.29, 1.82) is 0 Å². The first-order valence-electron chi connectivity index (χ1n) is 6.96. The smallest absolute Gasteiger partial charge is 0.130 e. The van der Waals surface area contributed by atoms with Crippen molar-refractivity contribution in [3.8, 4) is 5.75 Å². The van der Waals surface area contributed by atoms with Crippen molar-refractivity contribution in [3.63, 3.8) is 0 Å². The van der Waals surface area contributed by atoms with Crippen molar-refractivity contribution < 1.29 is 4.74 Å². The second-order valence-corrected chi connectivity index (χ2v) is 6.04. The number of ether oxygens (including phenoxy) is 1. The van der Waals surface area contributed by atoms with Gasteiger partial charge >= 0.3 is 0 Å². The zero-order valence-corrected chi connectivity index (χ0v) is 13.0. The molecule has 5 heteroatoms. The van der Waals surface area contributed by atoms with Gasteiger partial charge in [0.25, 0.3) is 0 Å². The number of benzene rings is 1. The highest BCUT2D eigenvalue weighted by molar-refractivity contribution is 6.34. The molecule has 0 atom stereocenters. The maximum atomic E-state index is 5.95. The van der Waals surface area contributed by atoms with Crippen LogP contribution in [0.2, 0.25) is 10.0 Å². The summed E-state index contributed by atoms with van der Waals surface area (Å²) in [6.07, 6.45) is 2.55. The van der Waals surface area contributed by atoms with Crippen LogP contribution in [0.5, 0.6) is 5.75 Å². The summed E-state index contributed by atoms with van der Waals surface area (Å²) in [6.45, 7) is 1.20. The van der Waals surface area contributed by atoms with Gasteiger partial charge in [-0.3, -0.25) is 4.98 Å². The van der Waals surface area contributed by atoms with Gasteiger partial charge in [-0.05, 0) is 43.2 Å². The minimum atomic E-state index is 0.397. The molecule has 0 radical (unpaired) electrons. The van der Waals surface area contributed by atoms with E-state index in [4.69, 9.17) is 27.9 Å². The average molecular weight is 323 g/mol. The Balaban J connectivity index is 1.59. The lowest BCUT2D eigenvalue weighted by molar-refractivity contribution is 0.301. The van der Waals surface area contributed by atoms with E-state index in [2.05, 4.69) is 10.3 Å². The zero-order chi connectivity index (χ0) is 14.7. The van der Waals surface area contributed by atoms with Crippen LogP contribution in [0, 0.1) is 0 Å². The molecule has 1 aromatic carbocycles. The molecule has 3 rings (SSSR count). The molecule has 0 saturated heterocycles. The minimum absolute atomic E-state index is 0.397. The second kappa shape index (κ2) is 6.65. The minimum Gasteiger partial charge on any atom is -0.487 e. The number of rotatable bonds is 6. The quantitative estimate of drug-likeness (QED) is 0.864. The lowest BCUT2D eigenvalue weighted by Gasteiger charge is -2.08. The average Bonchev–Trinajstić information content (AvgIpc) is 3.27. The van der Waals surface area contributed by atoms with Gasteiger partial charge in [0, 0.05) is 22.6 Å². The molecular formula is C16H16Cl2N2O. The third-order valence-electron chi connectivity index (χ3n) is 3.24. The van der Waals surface area contributed by atoms with Crippen LogP contribution in [0.4, 0.5) is 0 Å². The van der Waals surface area contributed by atoms with Gasteiger partial charge in [-0.15, -0.1) is 0 Å². The first-order valence-corrected chi connectivity index (χ1v) is 7.72. The van der Waals surface area contributed by atoms with Crippen LogP contribution in [0.3, 0.4) is 0 Å². The van der Waals surface area contributed by atoms with E-state index in [0.29, 0.717) is 28.4 Å². The lowest BCUT2D eigenvalue weighted by atomic mass is 10.3. The molecule has 1 fully saturated rings. The molecule has 2 aromatic rings. The van der Waals surface area contributed by atoms with Crippen LogP contribution in [0.25, 0.3) is 0 Å². The van der Waals surface area contributed by atoms with E-state index >= 15 is 0 Å². The van der Waals surface area contributed by atoms with Gasteiger partial charge in [-0.1, -0.05) is 29.3 Å². The van der Waals surface area contributed by atoms with E-state index in [0.717, 1.165) is 17.9 Å². The Bertz CT molecular complexity index is 609. The highest BCUT2D eigenvalue weighted by Gasteiger charge is 2.20. The van der Waals surface area contributed by atoms with E-state index in [1.165, 1.54) is 12.8 Å². The molecule has 1 aromatic heterocycles. The van der Waals surface area contributed by atoms with Gasteiger partial charge in [0.05, 0.1) is 11.4 Å². The van der Waals surface area contributed by atoms with E-state index in [9.17, 15) is 0 Å². The van der Waals surface area contributed by atoms with Gasteiger partial charge in [-0.2, -0.15) is 0 Å². The van der Waals surface area contributed by atoms with E-state index < -0.39 is 0 Å². The Morgan fingerprint density at radius 2 is 1.81 bits per heavy atom. The Labute approximate surface area is 134 Å². The summed E-state index contributed by atoms with van der Waals surface area (Å²) in [5.74, 6) is 0.649. The maximum Gasteiger partial charge on any atom is 0.130 e. The largest absolute Gasteiger partial charge is 0.487 e. The molecule has 3 nitrogen and oxygen atoms in total. The van der Waals surface area contributed by atoms with Crippen molar-refractivity contribution in [2.45, 2.75) is 32.0 Å². The Morgan fingerprint density at radius 3 is 2.52 bits per heavy atom. The van der Waals surface area contributed by atoms with Crippen LogP contribution in [0.1, 0.15) is 24.2 Å². The molecule has 110 valence electrons. The van der Waals surface area contributed by atoms with Crippen molar-refractivity contribution in [2.24, 2.45) is 0 Å². The number of hydrogen-bond acceptors (Lipinski definition) is 3. The molecule has 0 spiro atoms. The summed E-state index contributed by atoms with van der Waals surface area (Å²) < 4.78 is 5.69. The number of nitrogens with one attached hydrogen (secondary N) is 1. The topological polar surface area (TPSA) is 34.1 Å². The van der Waals surface area contributed by atoms with Crippen molar-refractivity contribution >= 4 is 23.2 Å². The fourth-order valence-corrected chi connectivity index (χ4v) is 2.52. The molecule has 1 heterocycles. The van der Waals surface area contributed by atoms with Gasteiger partial charge in [0.2, 0.25) is 0 Å². The summed E-state index contributed by atoms with van der Waals surface area (Å²) in [4.78, 5) is 4.58. The molecular weight excluding hydrogens is 307 g/mol. The van der Waals surface area contributed by atoms with Crippen LogP contribution in [-0.2, 0) is 13.2 Å². The fourth-order valence-electron chi connectivity index (χ4n) is 2.01. The Hall–Kier alpha value is -1.29. The molecule has 1 N–H and O–H groups in total. The molecule has 0 amide bonds.